The summed E-state index contributed by atoms with van der Waals surface area (Å²) in [5.74, 6) is -0.447. The van der Waals surface area contributed by atoms with Crippen LogP contribution in [0, 0.1) is 11.3 Å². The molecule has 2 heterocycles. The Bertz CT molecular complexity index is 1370. The number of nitriles is 1. The fourth-order valence-electron chi connectivity index (χ4n) is 3.44. The smallest absolute Gasteiger partial charge is 0.303 e. The summed E-state index contributed by atoms with van der Waals surface area (Å²) < 4.78 is 41.2. The van der Waals surface area contributed by atoms with Crippen molar-refractivity contribution < 1.29 is 18.0 Å². The van der Waals surface area contributed by atoms with Gasteiger partial charge in [0.05, 0.1) is 27.8 Å². The quantitative estimate of drug-likeness (QED) is 0.354. The molecule has 0 N–H and O–H groups in total. The summed E-state index contributed by atoms with van der Waals surface area (Å²) in [5.41, 5.74) is 0.180. The Hall–Kier alpha value is -3.97. The maximum atomic E-state index is 13.5. The Morgan fingerprint density at radius 3 is 2.53 bits per heavy atom. The van der Waals surface area contributed by atoms with E-state index in [1.54, 1.807) is 55.6 Å². The standard InChI is InChI=1S/C24H18F3N5OS/c1-15(2)31(18-8-3-6-16(12-18)14-28)23(33)21-29-22(20-10-5-11-34-20)32(30-21)19-9-4-7-17(13-19)24(25,26)27/h3-13,15H,1-2H3. The number of carbonyl (C=O) groups excluding carboxylic acids is 1. The number of anilines is 1. The van der Waals surface area contributed by atoms with Crippen LogP contribution in [-0.2, 0) is 6.18 Å². The van der Waals surface area contributed by atoms with Crippen molar-refractivity contribution in [3.05, 3.63) is 83.0 Å². The van der Waals surface area contributed by atoms with Crippen LogP contribution in [-0.4, -0.2) is 26.7 Å². The Labute approximate surface area is 197 Å². The number of carbonyl (C=O) groups is 1. The maximum Gasteiger partial charge on any atom is 0.416 e. The van der Waals surface area contributed by atoms with Crippen LogP contribution in [0.4, 0.5) is 18.9 Å². The summed E-state index contributed by atoms with van der Waals surface area (Å²) in [6, 6.07) is 16.6. The summed E-state index contributed by atoms with van der Waals surface area (Å²) in [6.07, 6.45) is -4.53. The first-order valence-corrected chi connectivity index (χ1v) is 11.1. The van der Waals surface area contributed by atoms with Gasteiger partial charge < -0.3 is 4.90 Å². The lowest BCUT2D eigenvalue weighted by atomic mass is 10.1. The van der Waals surface area contributed by atoms with Crippen LogP contribution in [0.5, 0.6) is 0 Å². The predicted molar refractivity (Wildman–Crippen MR) is 123 cm³/mol. The van der Waals surface area contributed by atoms with Crippen molar-refractivity contribution >= 4 is 22.9 Å². The molecule has 0 fully saturated rings. The Morgan fingerprint density at radius 2 is 1.88 bits per heavy atom. The average molecular weight is 482 g/mol. The average Bonchev–Trinajstić information content (AvgIpc) is 3.48. The van der Waals surface area contributed by atoms with E-state index in [4.69, 9.17) is 0 Å². The molecule has 172 valence electrons. The minimum absolute atomic E-state index is 0.132. The van der Waals surface area contributed by atoms with E-state index < -0.39 is 17.6 Å². The molecule has 2 aromatic heterocycles. The van der Waals surface area contributed by atoms with Gasteiger partial charge in [-0.3, -0.25) is 4.79 Å². The first-order chi connectivity index (χ1) is 16.2. The van der Waals surface area contributed by atoms with E-state index in [9.17, 15) is 23.2 Å². The number of aromatic nitrogens is 3. The molecule has 0 saturated heterocycles. The maximum absolute atomic E-state index is 13.5. The zero-order chi connectivity index (χ0) is 24.5. The van der Waals surface area contributed by atoms with Crippen LogP contribution >= 0.6 is 11.3 Å². The Morgan fingerprint density at radius 1 is 1.12 bits per heavy atom. The highest BCUT2D eigenvalue weighted by Crippen LogP contribution is 2.32. The molecule has 0 radical (unpaired) electrons. The molecule has 0 aliphatic carbocycles. The van der Waals surface area contributed by atoms with Crippen molar-refractivity contribution in [3.8, 4) is 22.5 Å². The molecule has 0 atom stereocenters. The van der Waals surface area contributed by atoms with Gasteiger partial charge in [-0.1, -0.05) is 18.2 Å². The molecule has 6 nitrogen and oxygen atoms in total. The number of thiophene rings is 1. The Kier molecular flexibility index (Phi) is 6.22. The highest BCUT2D eigenvalue weighted by molar-refractivity contribution is 7.13. The van der Waals surface area contributed by atoms with Gasteiger partial charge in [0.1, 0.15) is 0 Å². The number of rotatable bonds is 5. The van der Waals surface area contributed by atoms with Crippen LogP contribution in [0.3, 0.4) is 0 Å². The molecule has 1 amide bonds. The first-order valence-electron chi connectivity index (χ1n) is 10.2. The molecule has 4 aromatic rings. The molecular weight excluding hydrogens is 463 g/mol. The van der Waals surface area contributed by atoms with Crippen molar-refractivity contribution in [2.75, 3.05) is 4.90 Å². The normalized spacial score (nSPS) is 11.4. The zero-order valence-corrected chi connectivity index (χ0v) is 18.9. The van der Waals surface area contributed by atoms with E-state index in [-0.39, 0.29) is 23.4 Å². The third kappa shape index (κ3) is 4.56. The SMILES string of the molecule is CC(C)N(C(=O)c1nc(-c2cccs2)n(-c2cccc(C(F)(F)F)c2)n1)c1cccc(C#N)c1. The van der Waals surface area contributed by atoms with E-state index in [1.165, 1.54) is 33.1 Å². The van der Waals surface area contributed by atoms with Gasteiger partial charge in [-0.25, -0.2) is 9.67 Å². The monoisotopic (exact) mass is 481 g/mol. The summed E-state index contributed by atoms with van der Waals surface area (Å²) in [7, 11) is 0. The lowest BCUT2D eigenvalue weighted by molar-refractivity contribution is -0.137. The minimum Gasteiger partial charge on any atom is -0.303 e. The second-order valence-electron chi connectivity index (χ2n) is 7.63. The van der Waals surface area contributed by atoms with Gasteiger partial charge in [0.25, 0.3) is 5.91 Å². The van der Waals surface area contributed by atoms with E-state index in [2.05, 4.69) is 10.1 Å². The van der Waals surface area contributed by atoms with Crippen LogP contribution in [0.2, 0.25) is 0 Å². The number of benzene rings is 2. The van der Waals surface area contributed by atoms with Gasteiger partial charge in [-0.2, -0.15) is 18.4 Å². The fourth-order valence-corrected chi connectivity index (χ4v) is 4.14. The van der Waals surface area contributed by atoms with Crippen LogP contribution in [0.15, 0.2) is 66.0 Å². The molecule has 0 unspecified atom stereocenters. The zero-order valence-electron chi connectivity index (χ0n) is 18.1. The number of hydrogen-bond donors (Lipinski definition) is 0. The van der Waals surface area contributed by atoms with E-state index in [0.29, 0.717) is 16.1 Å². The number of nitrogens with zero attached hydrogens (tertiary/aromatic N) is 5. The van der Waals surface area contributed by atoms with Crippen molar-refractivity contribution in [2.24, 2.45) is 0 Å². The third-order valence-electron chi connectivity index (χ3n) is 4.95. The predicted octanol–water partition coefficient (Wildman–Crippen LogP) is 5.94. The summed E-state index contributed by atoms with van der Waals surface area (Å²) in [4.78, 5) is 20.0. The summed E-state index contributed by atoms with van der Waals surface area (Å²) in [6.45, 7) is 3.61. The molecule has 10 heteroatoms. The van der Waals surface area contributed by atoms with E-state index in [1.807, 2.05) is 6.07 Å². The van der Waals surface area contributed by atoms with Crippen LogP contribution < -0.4 is 4.90 Å². The first kappa shape index (κ1) is 23.2. The molecule has 0 aliphatic rings. The van der Waals surface area contributed by atoms with Gasteiger partial charge >= 0.3 is 6.18 Å². The lowest BCUT2D eigenvalue weighted by Crippen LogP contribution is -2.37. The molecule has 2 aromatic carbocycles. The number of alkyl halides is 3. The summed E-state index contributed by atoms with van der Waals surface area (Å²) in [5, 5.41) is 15.3. The highest BCUT2D eigenvalue weighted by atomic mass is 32.1. The Balaban J connectivity index is 1.83. The van der Waals surface area contributed by atoms with Crippen molar-refractivity contribution in [1.29, 1.82) is 5.26 Å². The van der Waals surface area contributed by atoms with Gasteiger partial charge in [0, 0.05) is 11.7 Å². The molecular formula is C24H18F3N5OS. The van der Waals surface area contributed by atoms with Crippen LogP contribution in [0.1, 0.15) is 35.6 Å². The molecule has 0 bridgehead atoms. The molecule has 4 rings (SSSR count). The minimum atomic E-state index is -4.53. The number of hydrogen-bond acceptors (Lipinski definition) is 5. The fraction of sp³-hybridized carbons (Fsp3) is 0.167. The lowest BCUT2D eigenvalue weighted by Gasteiger charge is -2.25. The van der Waals surface area contributed by atoms with E-state index >= 15 is 0 Å². The van der Waals surface area contributed by atoms with Gasteiger partial charge in [-0.15, -0.1) is 16.4 Å². The molecule has 0 aliphatic heterocycles. The largest absolute Gasteiger partial charge is 0.416 e. The second kappa shape index (κ2) is 9.11. The third-order valence-corrected chi connectivity index (χ3v) is 5.81. The van der Waals surface area contributed by atoms with E-state index in [0.717, 1.165) is 12.1 Å². The second-order valence-corrected chi connectivity index (χ2v) is 8.57. The molecule has 0 saturated carbocycles. The van der Waals surface area contributed by atoms with Crippen molar-refractivity contribution in [1.82, 2.24) is 14.8 Å². The van der Waals surface area contributed by atoms with Gasteiger partial charge in [0.15, 0.2) is 5.82 Å². The van der Waals surface area contributed by atoms with Gasteiger partial charge in [-0.05, 0) is 61.7 Å². The van der Waals surface area contributed by atoms with Crippen molar-refractivity contribution in [2.45, 2.75) is 26.1 Å². The highest BCUT2D eigenvalue weighted by Gasteiger charge is 2.32. The summed E-state index contributed by atoms with van der Waals surface area (Å²) >= 11 is 1.33. The van der Waals surface area contributed by atoms with Gasteiger partial charge in [0.2, 0.25) is 5.82 Å². The number of amides is 1. The molecule has 0 spiro atoms. The topological polar surface area (TPSA) is 74.8 Å². The number of halogens is 3. The van der Waals surface area contributed by atoms with Crippen LogP contribution in [0.25, 0.3) is 16.4 Å². The molecule has 34 heavy (non-hydrogen) atoms. The van der Waals surface area contributed by atoms with Crippen molar-refractivity contribution in [3.63, 3.8) is 0 Å².